The number of aliphatic hydroxyl groups is 1. The first kappa shape index (κ1) is 16.0. The lowest BCUT2D eigenvalue weighted by atomic mass is 10.3. The van der Waals surface area contributed by atoms with Crippen LogP contribution < -0.4 is 0 Å². The highest BCUT2D eigenvalue weighted by molar-refractivity contribution is 4.95. The van der Waals surface area contributed by atoms with E-state index in [4.69, 9.17) is 4.74 Å². The molecule has 0 amide bonds. The molecule has 110 valence electrons. The van der Waals surface area contributed by atoms with E-state index in [9.17, 15) is 13.9 Å². The van der Waals surface area contributed by atoms with Crippen LogP contribution in [-0.4, -0.2) is 38.7 Å². The second-order valence-electron chi connectivity index (χ2n) is 4.65. The summed E-state index contributed by atoms with van der Waals surface area (Å²) >= 11 is 0. The predicted octanol–water partition coefficient (Wildman–Crippen LogP) is 1.95. The first-order chi connectivity index (χ1) is 8.93. The zero-order valence-electron chi connectivity index (χ0n) is 11.5. The lowest BCUT2D eigenvalue weighted by Gasteiger charge is -2.14. The molecule has 1 heterocycles. The molecular weight excluding hydrogens is 256 g/mol. The van der Waals surface area contributed by atoms with Gasteiger partial charge in [0.1, 0.15) is 0 Å². The molecular formula is C12H21F2N3O2. The van der Waals surface area contributed by atoms with Crippen LogP contribution in [0.3, 0.4) is 0 Å². The SMILES string of the molecule is CCCc1nc(C(F)F)n(CC(O)COC(C)C)n1. The highest BCUT2D eigenvalue weighted by atomic mass is 19.3. The Morgan fingerprint density at radius 3 is 2.58 bits per heavy atom. The number of aromatic nitrogens is 3. The minimum absolute atomic E-state index is 0.0179. The van der Waals surface area contributed by atoms with Crippen LogP contribution in [0.25, 0.3) is 0 Å². The fourth-order valence-corrected chi connectivity index (χ4v) is 1.58. The van der Waals surface area contributed by atoms with Crippen molar-refractivity contribution < 1.29 is 18.6 Å². The van der Waals surface area contributed by atoms with Gasteiger partial charge in [0.15, 0.2) is 11.6 Å². The Bertz CT molecular complexity index is 383. The molecule has 1 aromatic heterocycles. The van der Waals surface area contributed by atoms with Gasteiger partial charge in [-0.15, -0.1) is 0 Å². The summed E-state index contributed by atoms with van der Waals surface area (Å²) in [6.45, 7) is 5.65. The number of aliphatic hydroxyl groups excluding tert-OH is 1. The van der Waals surface area contributed by atoms with Crippen LogP contribution in [0.15, 0.2) is 0 Å². The Hall–Kier alpha value is -1.08. The zero-order valence-corrected chi connectivity index (χ0v) is 11.5. The van der Waals surface area contributed by atoms with Gasteiger partial charge in [-0.1, -0.05) is 6.92 Å². The first-order valence-corrected chi connectivity index (χ1v) is 6.45. The maximum absolute atomic E-state index is 12.8. The van der Waals surface area contributed by atoms with Gasteiger partial charge in [-0.25, -0.2) is 18.4 Å². The minimum Gasteiger partial charge on any atom is -0.389 e. The molecule has 7 heteroatoms. The van der Waals surface area contributed by atoms with Crippen LogP contribution in [0.1, 0.15) is 45.3 Å². The van der Waals surface area contributed by atoms with Crippen molar-refractivity contribution in [1.29, 1.82) is 0 Å². The summed E-state index contributed by atoms with van der Waals surface area (Å²) in [7, 11) is 0. The fourth-order valence-electron chi connectivity index (χ4n) is 1.58. The van der Waals surface area contributed by atoms with Gasteiger partial charge in [0.2, 0.25) is 0 Å². The molecule has 0 radical (unpaired) electrons. The summed E-state index contributed by atoms with van der Waals surface area (Å²) in [6.07, 6.45) is -2.26. The van der Waals surface area contributed by atoms with Crippen molar-refractivity contribution in [2.45, 2.75) is 58.8 Å². The molecule has 0 aliphatic heterocycles. The molecule has 0 bridgehead atoms. The summed E-state index contributed by atoms with van der Waals surface area (Å²) in [5, 5.41) is 13.7. The molecule has 0 fully saturated rings. The maximum atomic E-state index is 12.8. The summed E-state index contributed by atoms with van der Waals surface area (Å²) in [5.74, 6) is -0.0122. The Labute approximate surface area is 111 Å². The number of hydrogen-bond acceptors (Lipinski definition) is 4. The molecule has 0 saturated heterocycles. The number of rotatable bonds is 8. The number of aryl methyl sites for hydroxylation is 1. The Morgan fingerprint density at radius 2 is 2.05 bits per heavy atom. The molecule has 1 rings (SSSR count). The van der Waals surface area contributed by atoms with Gasteiger partial charge >= 0.3 is 0 Å². The number of halogens is 2. The monoisotopic (exact) mass is 277 g/mol. The van der Waals surface area contributed by atoms with Gasteiger partial charge in [-0.2, -0.15) is 5.10 Å². The van der Waals surface area contributed by atoms with Crippen LogP contribution in [-0.2, 0) is 17.7 Å². The van der Waals surface area contributed by atoms with E-state index in [0.717, 1.165) is 11.1 Å². The van der Waals surface area contributed by atoms with Crippen LogP contribution >= 0.6 is 0 Å². The molecule has 1 aromatic rings. The van der Waals surface area contributed by atoms with E-state index in [1.54, 1.807) is 0 Å². The number of alkyl halides is 2. The van der Waals surface area contributed by atoms with Gasteiger partial charge in [0.25, 0.3) is 6.43 Å². The molecule has 19 heavy (non-hydrogen) atoms. The standard InChI is InChI=1S/C12H21F2N3O2/c1-4-5-10-15-12(11(13)14)17(16-10)6-9(18)7-19-8(2)3/h8-9,11,18H,4-7H2,1-3H3. The molecule has 0 aliphatic carbocycles. The van der Waals surface area contributed by atoms with Gasteiger partial charge in [-0.05, 0) is 20.3 Å². The quantitative estimate of drug-likeness (QED) is 0.789. The highest BCUT2D eigenvalue weighted by Gasteiger charge is 2.20. The molecule has 0 spiro atoms. The van der Waals surface area contributed by atoms with E-state index in [1.165, 1.54) is 0 Å². The third kappa shape index (κ3) is 5.20. The van der Waals surface area contributed by atoms with Gasteiger partial charge in [0.05, 0.1) is 25.4 Å². The molecule has 0 aromatic carbocycles. The van der Waals surface area contributed by atoms with E-state index in [-0.39, 0.29) is 19.3 Å². The van der Waals surface area contributed by atoms with Crippen molar-refractivity contribution in [3.8, 4) is 0 Å². The summed E-state index contributed by atoms with van der Waals surface area (Å²) in [5.41, 5.74) is 0. The molecule has 5 nitrogen and oxygen atoms in total. The normalized spacial score (nSPS) is 13.5. The van der Waals surface area contributed by atoms with Crippen LogP contribution in [0, 0.1) is 0 Å². The first-order valence-electron chi connectivity index (χ1n) is 6.45. The Balaban J connectivity index is 2.69. The topological polar surface area (TPSA) is 60.2 Å². The lowest BCUT2D eigenvalue weighted by molar-refractivity contribution is -0.00372. The summed E-state index contributed by atoms with van der Waals surface area (Å²) < 4.78 is 31.9. The third-order valence-electron chi connectivity index (χ3n) is 2.42. The van der Waals surface area contributed by atoms with E-state index in [1.807, 2.05) is 20.8 Å². The van der Waals surface area contributed by atoms with Crippen molar-refractivity contribution in [1.82, 2.24) is 14.8 Å². The fraction of sp³-hybridized carbons (Fsp3) is 0.833. The second-order valence-corrected chi connectivity index (χ2v) is 4.65. The zero-order chi connectivity index (χ0) is 14.4. The van der Waals surface area contributed by atoms with Gasteiger partial charge in [0, 0.05) is 6.42 Å². The van der Waals surface area contributed by atoms with Gasteiger partial charge < -0.3 is 9.84 Å². The summed E-state index contributed by atoms with van der Waals surface area (Å²) in [6, 6.07) is 0. The van der Waals surface area contributed by atoms with Crippen molar-refractivity contribution in [3.63, 3.8) is 0 Å². The average molecular weight is 277 g/mol. The maximum Gasteiger partial charge on any atom is 0.297 e. The highest BCUT2D eigenvalue weighted by Crippen LogP contribution is 2.17. The number of hydrogen-bond donors (Lipinski definition) is 1. The molecule has 0 aliphatic rings. The van der Waals surface area contributed by atoms with Gasteiger partial charge in [-0.3, -0.25) is 0 Å². The Morgan fingerprint density at radius 1 is 1.37 bits per heavy atom. The van der Waals surface area contributed by atoms with E-state index in [0.29, 0.717) is 12.2 Å². The molecule has 1 unspecified atom stereocenters. The smallest absolute Gasteiger partial charge is 0.297 e. The van der Waals surface area contributed by atoms with E-state index in [2.05, 4.69) is 10.1 Å². The Kier molecular flexibility index (Phi) is 6.30. The van der Waals surface area contributed by atoms with Crippen LogP contribution in [0.2, 0.25) is 0 Å². The molecule has 1 N–H and O–H groups in total. The van der Waals surface area contributed by atoms with E-state index >= 15 is 0 Å². The van der Waals surface area contributed by atoms with E-state index < -0.39 is 18.4 Å². The minimum atomic E-state index is -2.70. The van der Waals surface area contributed by atoms with Crippen molar-refractivity contribution in [2.24, 2.45) is 0 Å². The molecule has 1 atom stereocenters. The van der Waals surface area contributed by atoms with Crippen molar-refractivity contribution >= 4 is 0 Å². The van der Waals surface area contributed by atoms with Crippen LogP contribution in [0.4, 0.5) is 8.78 Å². The average Bonchev–Trinajstić information content (AvgIpc) is 2.70. The number of nitrogens with zero attached hydrogens (tertiary/aromatic N) is 3. The predicted molar refractivity (Wildman–Crippen MR) is 66.1 cm³/mol. The molecule has 0 saturated carbocycles. The largest absolute Gasteiger partial charge is 0.389 e. The van der Waals surface area contributed by atoms with Crippen molar-refractivity contribution in [3.05, 3.63) is 11.6 Å². The summed E-state index contributed by atoms with van der Waals surface area (Å²) in [4.78, 5) is 3.80. The number of ether oxygens (including phenoxy) is 1. The lowest BCUT2D eigenvalue weighted by Crippen LogP contribution is -2.25. The second kappa shape index (κ2) is 7.49. The third-order valence-corrected chi connectivity index (χ3v) is 2.42. The van der Waals surface area contributed by atoms with Crippen molar-refractivity contribution in [2.75, 3.05) is 6.61 Å². The van der Waals surface area contributed by atoms with Crippen LogP contribution in [0.5, 0.6) is 0 Å².